The average Bonchev–Trinajstić information content (AvgIpc) is 3.53. The first-order chi connectivity index (χ1) is 19.6. The molecule has 2 aliphatic heterocycles. The fraction of sp³-hybridized carbons (Fsp3) is 0.483. The van der Waals surface area contributed by atoms with Crippen LogP contribution in [0.3, 0.4) is 0 Å². The lowest BCUT2D eigenvalue weighted by Gasteiger charge is -2.37. The second kappa shape index (κ2) is 10.5. The van der Waals surface area contributed by atoms with Crippen molar-refractivity contribution in [1.82, 2.24) is 34.6 Å². The number of thiophene rings is 1. The molecular formula is C29H33N7O3S. The van der Waals surface area contributed by atoms with Crippen LogP contribution in [0.5, 0.6) is 0 Å². The van der Waals surface area contributed by atoms with E-state index in [1.165, 1.54) is 0 Å². The number of hydrogen-bond donors (Lipinski definition) is 1. The Morgan fingerprint density at radius 1 is 1.15 bits per heavy atom. The van der Waals surface area contributed by atoms with E-state index in [1.807, 2.05) is 33.7 Å². The van der Waals surface area contributed by atoms with Crippen LogP contribution in [0.2, 0.25) is 0 Å². The van der Waals surface area contributed by atoms with Gasteiger partial charge in [-0.3, -0.25) is 14.2 Å². The van der Waals surface area contributed by atoms with E-state index in [0.29, 0.717) is 38.7 Å². The molecule has 3 aromatic heterocycles. The molecule has 2 amide bonds. The summed E-state index contributed by atoms with van der Waals surface area (Å²) in [6.07, 6.45) is 3.58. The number of rotatable bonds is 6. The standard InChI is InChI=1S/C29H33N7O3S/c1-2-24-31-20-8-3-4-9-22(20)36(24)29-32-21-14-19(40-27(21)26(33-29)23-15-30-10-13-39-23)16-34-11-12-35(17-25(34)37)28(38)18-6-5-7-18/h3-4,8-9,14,18,23,30H,2,5-7,10-13,15-17H2,1H3. The number of carbonyl (C=O) groups is 2. The van der Waals surface area contributed by atoms with Crippen molar-refractivity contribution in [1.29, 1.82) is 0 Å². The number of nitrogens with zero attached hydrogens (tertiary/aromatic N) is 6. The predicted octanol–water partition coefficient (Wildman–Crippen LogP) is 3.22. The zero-order chi connectivity index (χ0) is 27.2. The van der Waals surface area contributed by atoms with E-state index in [-0.39, 0.29) is 30.4 Å². The Bertz CT molecular complexity index is 1590. The first-order valence-corrected chi connectivity index (χ1v) is 15.1. The zero-order valence-corrected chi connectivity index (χ0v) is 23.5. The van der Waals surface area contributed by atoms with Crippen molar-refractivity contribution in [3.05, 3.63) is 46.7 Å². The summed E-state index contributed by atoms with van der Waals surface area (Å²) in [7, 11) is 0. The van der Waals surface area contributed by atoms with Crippen LogP contribution in [0, 0.1) is 5.92 Å². The topological polar surface area (TPSA) is 105 Å². The number of piperazine rings is 1. The highest BCUT2D eigenvalue weighted by Crippen LogP contribution is 2.34. The van der Waals surface area contributed by atoms with Crippen molar-refractivity contribution in [2.24, 2.45) is 5.92 Å². The van der Waals surface area contributed by atoms with Gasteiger partial charge in [0.2, 0.25) is 17.8 Å². The SMILES string of the molecule is CCc1nc2ccccc2n1-c1nc(C2CNCCO2)c2sc(CN3CCN(C(=O)C4CCC4)CC3=O)cc2n1. The molecule has 0 radical (unpaired) electrons. The van der Waals surface area contributed by atoms with Crippen LogP contribution < -0.4 is 5.32 Å². The van der Waals surface area contributed by atoms with Gasteiger partial charge in [-0.2, -0.15) is 0 Å². The average molecular weight is 560 g/mol. The minimum atomic E-state index is -0.188. The summed E-state index contributed by atoms with van der Waals surface area (Å²) in [6.45, 7) is 6.02. The number of aromatic nitrogens is 4. The van der Waals surface area contributed by atoms with Crippen LogP contribution in [0.25, 0.3) is 27.2 Å². The van der Waals surface area contributed by atoms with Crippen LogP contribution >= 0.6 is 11.3 Å². The van der Waals surface area contributed by atoms with Crippen molar-refractivity contribution in [2.45, 2.75) is 45.3 Å². The number of imidazole rings is 1. The van der Waals surface area contributed by atoms with Gasteiger partial charge < -0.3 is 19.9 Å². The number of amides is 2. The van der Waals surface area contributed by atoms with Crippen molar-refractivity contribution in [2.75, 3.05) is 39.3 Å². The van der Waals surface area contributed by atoms with Crippen LogP contribution in [0.4, 0.5) is 0 Å². The number of fused-ring (bicyclic) bond motifs is 2. The van der Waals surface area contributed by atoms with Gasteiger partial charge in [0.1, 0.15) is 11.9 Å². The van der Waals surface area contributed by atoms with E-state index in [0.717, 1.165) is 69.9 Å². The van der Waals surface area contributed by atoms with Crippen LogP contribution in [-0.4, -0.2) is 80.5 Å². The quantitative estimate of drug-likeness (QED) is 0.387. The first-order valence-electron chi connectivity index (χ1n) is 14.2. The van der Waals surface area contributed by atoms with Gasteiger partial charge in [-0.25, -0.2) is 15.0 Å². The summed E-state index contributed by atoms with van der Waals surface area (Å²) < 4.78 is 9.20. The Labute approximate surface area is 236 Å². The molecule has 5 heterocycles. The van der Waals surface area contributed by atoms with E-state index in [9.17, 15) is 9.59 Å². The van der Waals surface area contributed by atoms with E-state index < -0.39 is 0 Å². The number of nitrogens with one attached hydrogen (secondary N) is 1. The monoisotopic (exact) mass is 559 g/mol. The number of hydrogen-bond acceptors (Lipinski definition) is 8. The maximum Gasteiger partial charge on any atom is 0.242 e. The van der Waals surface area contributed by atoms with Gasteiger partial charge in [0.05, 0.1) is 46.6 Å². The molecule has 1 unspecified atom stereocenters. The third-order valence-corrected chi connectivity index (χ3v) is 9.38. The maximum absolute atomic E-state index is 13.0. The molecule has 4 aromatic rings. The number of morpholine rings is 1. The highest BCUT2D eigenvalue weighted by atomic mass is 32.1. The molecular weight excluding hydrogens is 526 g/mol. The van der Waals surface area contributed by atoms with Crippen LogP contribution in [0.15, 0.2) is 30.3 Å². The second-order valence-electron chi connectivity index (χ2n) is 10.8. The summed E-state index contributed by atoms with van der Waals surface area (Å²) in [4.78, 5) is 45.3. The highest BCUT2D eigenvalue weighted by molar-refractivity contribution is 7.19. The minimum absolute atomic E-state index is 0.000614. The molecule has 1 atom stereocenters. The maximum atomic E-state index is 13.0. The second-order valence-corrected chi connectivity index (χ2v) is 11.9. The molecule has 1 aromatic carbocycles. The van der Waals surface area contributed by atoms with Crippen LogP contribution in [0.1, 0.15) is 48.7 Å². The molecule has 10 nitrogen and oxygen atoms in total. The van der Waals surface area contributed by atoms with Crippen molar-refractivity contribution < 1.29 is 14.3 Å². The summed E-state index contributed by atoms with van der Waals surface area (Å²) >= 11 is 1.63. The van der Waals surface area contributed by atoms with Gasteiger partial charge in [-0.15, -0.1) is 11.3 Å². The molecule has 3 aliphatic rings. The Balaban J connectivity index is 1.22. The molecule has 40 heavy (non-hydrogen) atoms. The third kappa shape index (κ3) is 4.55. The Kier molecular flexibility index (Phi) is 6.73. The lowest BCUT2D eigenvalue weighted by molar-refractivity contribution is -0.149. The van der Waals surface area contributed by atoms with Crippen molar-refractivity contribution >= 4 is 44.4 Å². The fourth-order valence-corrected chi connectivity index (χ4v) is 6.97. The molecule has 11 heteroatoms. The van der Waals surface area contributed by atoms with Gasteiger partial charge in [0, 0.05) is 43.4 Å². The minimum Gasteiger partial charge on any atom is -0.369 e. The number of ether oxygens (including phenoxy) is 1. The third-order valence-electron chi connectivity index (χ3n) is 8.25. The molecule has 1 aliphatic carbocycles. The fourth-order valence-electron chi connectivity index (χ4n) is 5.83. The Hall–Kier alpha value is -3.41. The van der Waals surface area contributed by atoms with E-state index in [2.05, 4.69) is 18.3 Å². The van der Waals surface area contributed by atoms with Gasteiger partial charge >= 0.3 is 0 Å². The summed E-state index contributed by atoms with van der Waals surface area (Å²) in [5, 5.41) is 3.43. The molecule has 1 saturated carbocycles. The predicted molar refractivity (Wildman–Crippen MR) is 152 cm³/mol. The summed E-state index contributed by atoms with van der Waals surface area (Å²) in [5.41, 5.74) is 3.60. The van der Waals surface area contributed by atoms with E-state index in [4.69, 9.17) is 19.7 Å². The first kappa shape index (κ1) is 25.6. The van der Waals surface area contributed by atoms with Crippen LogP contribution in [-0.2, 0) is 27.3 Å². The molecule has 7 rings (SSSR count). The Morgan fingerprint density at radius 2 is 2.02 bits per heavy atom. The normalized spacial score (nSPS) is 20.4. The summed E-state index contributed by atoms with van der Waals surface area (Å²) in [5.74, 6) is 1.76. The lowest BCUT2D eigenvalue weighted by Crippen LogP contribution is -2.53. The van der Waals surface area contributed by atoms with Gasteiger partial charge in [-0.05, 0) is 31.0 Å². The Morgan fingerprint density at radius 3 is 2.77 bits per heavy atom. The van der Waals surface area contributed by atoms with Gasteiger partial charge in [0.25, 0.3) is 0 Å². The lowest BCUT2D eigenvalue weighted by atomic mass is 9.84. The smallest absolute Gasteiger partial charge is 0.242 e. The molecule has 1 N–H and O–H groups in total. The van der Waals surface area contributed by atoms with Crippen molar-refractivity contribution in [3.8, 4) is 5.95 Å². The number of carbonyl (C=O) groups excluding carboxylic acids is 2. The number of aryl methyl sites for hydroxylation is 1. The van der Waals surface area contributed by atoms with Gasteiger partial charge in [-0.1, -0.05) is 25.5 Å². The summed E-state index contributed by atoms with van der Waals surface area (Å²) in [6, 6.07) is 10.1. The largest absolute Gasteiger partial charge is 0.369 e. The molecule has 208 valence electrons. The van der Waals surface area contributed by atoms with Gasteiger partial charge in [0.15, 0.2) is 0 Å². The van der Waals surface area contributed by atoms with E-state index >= 15 is 0 Å². The van der Waals surface area contributed by atoms with E-state index in [1.54, 1.807) is 16.2 Å². The highest BCUT2D eigenvalue weighted by Gasteiger charge is 2.34. The number of benzene rings is 1. The van der Waals surface area contributed by atoms with Crippen molar-refractivity contribution in [3.63, 3.8) is 0 Å². The zero-order valence-electron chi connectivity index (χ0n) is 22.6. The number of para-hydroxylation sites is 2. The molecule has 3 fully saturated rings. The molecule has 0 bridgehead atoms. The molecule has 2 saturated heterocycles. The molecule has 0 spiro atoms.